The highest BCUT2D eigenvalue weighted by Gasteiger charge is 2.34. The average molecular weight is 419 g/mol. The SMILES string of the molecule is Cc1[nH]n(-c2ccccc2)c(=O)c1C=C1NC(=O)N(Cc2ccc([N+](=O)[O-])cc2)C1=O. The first-order valence-corrected chi connectivity index (χ1v) is 9.30. The fraction of sp³-hybridized carbons (Fsp3) is 0.0952. The van der Waals surface area contributed by atoms with Gasteiger partial charge >= 0.3 is 6.03 Å². The van der Waals surface area contributed by atoms with E-state index in [9.17, 15) is 24.5 Å². The number of H-pyrrole nitrogens is 1. The summed E-state index contributed by atoms with van der Waals surface area (Å²) in [6.07, 6.45) is 1.35. The number of nitro groups is 1. The molecule has 0 saturated carbocycles. The van der Waals surface area contributed by atoms with Gasteiger partial charge in [0.25, 0.3) is 17.2 Å². The Bertz CT molecular complexity index is 1270. The molecule has 4 rings (SSSR count). The van der Waals surface area contributed by atoms with Crippen molar-refractivity contribution < 1.29 is 14.5 Å². The molecule has 1 fully saturated rings. The van der Waals surface area contributed by atoms with Gasteiger partial charge in [0.1, 0.15) is 5.70 Å². The molecule has 10 nitrogen and oxygen atoms in total. The standard InChI is InChI=1S/C21H17N5O5/c1-13-17(19(27)25(23-13)15-5-3-2-4-6-15)11-18-20(28)24(21(29)22-18)12-14-7-9-16(10-8-14)26(30)31/h2-11,23H,12H2,1H3,(H,22,29). The molecule has 0 bridgehead atoms. The van der Waals surface area contributed by atoms with E-state index in [1.54, 1.807) is 31.2 Å². The van der Waals surface area contributed by atoms with E-state index in [2.05, 4.69) is 10.4 Å². The van der Waals surface area contributed by atoms with Crippen LogP contribution in [0.1, 0.15) is 16.8 Å². The molecular weight excluding hydrogens is 402 g/mol. The number of carbonyl (C=O) groups excluding carboxylic acids is 2. The van der Waals surface area contributed by atoms with Crippen LogP contribution in [0.3, 0.4) is 0 Å². The summed E-state index contributed by atoms with van der Waals surface area (Å²) in [6, 6.07) is 13.9. The van der Waals surface area contributed by atoms with Gasteiger partial charge in [-0.3, -0.25) is 29.7 Å². The maximum Gasteiger partial charge on any atom is 0.329 e. The number of hydrogen-bond acceptors (Lipinski definition) is 5. The Morgan fingerprint density at radius 2 is 1.71 bits per heavy atom. The summed E-state index contributed by atoms with van der Waals surface area (Å²) >= 11 is 0. The van der Waals surface area contributed by atoms with Gasteiger partial charge in [0, 0.05) is 17.8 Å². The van der Waals surface area contributed by atoms with E-state index in [0.717, 1.165) is 4.90 Å². The number of imide groups is 1. The third-order valence-electron chi connectivity index (χ3n) is 4.87. The number of para-hydroxylation sites is 1. The molecule has 156 valence electrons. The van der Waals surface area contributed by atoms with Crippen LogP contribution >= 0.6 is 0 Å². The van der Waals surface area contributed by atoms with Gasteiger partial charge in [-0.15, -0.1) is 0 Å². The van der Waals surface area contributed by atoms with Gasteiger partial charge in [-0.1, -0.05) is 30.3 Å². The van der Waals surface area contributed by atoms with Gasteiger partial charge in [-0.25, -0.2) is 9.48 Å². The van der Waals surface area contributed by atoms with Crippen molar-refractivity contribution in [2.24, 2.45) is 0 Å². The molecule has 2 aromatic carbocycles. The molecule has 2 N–H and O–H groups in total. The van der Waals surface area contributed by atoms with Crippen LogP contribution in [-0.4, -0.2) is 31.5 Å². The van der Waals surface area contributed by atoms with E-state index in [-0.39, 0.29) is 29.1 Å². The molecule has 0 atom stereocenters. The number of carbonyl (C=O) groups is 2. The summed E-state index contributed by atoms with van der Waals surface area (Å²) in [5.74, 6) is -0.588. The number of aryl methyl sites for hydroxylation is 1. The van der Waals surface area contributed by atoms with Gasteiger partial charge in [0.15, 0.2) is 0 Å². The van der Waals surface area contributed by atoms with Crippen molar-refractivity contribution in [3.8, 4) is 5.69 Å². The lowest BCUT2D eigenvalue weighted by Gasteiger charge is -2.11. The van der Waals surface area contributed by atoms with Crippen LogP contribution < -0.4 is 10.9 Å². The number of amides is 3. The zero-order chi connectivity index (χ0) is 22.1. The number of aromatic amines is 1. The monoisotopic (exact) mass is 419 g/mol. The molecule has 1 aliphatic rings. The first kappa shape index (κ1) is 19.8. The summed E-state index contributed by atoms with van der Waals surface area (Å²) in [5, 5.41) is 16.2. The number of hydrogen-bond donors (Lipinski definition) is 2. The lowest BCUT2D eigenvalue weighted by atomic mass is 10.2. The van der Waals surface area contributed by atoms with E-state index < -0.39 is 16.9 Å². The summed E-state index contributed by atoms with van der Waals surface area (Å²) < 4.78 is 1.36. The van der Waals surface area contributed by atoms with Gasteiger partial charge in [0.05, 0.1) is 22.7 Å². The van der Waals surface area contributed by atoms with Crippen LogP contribution in [0.25, 0.3) is 11.8 Å². The minimum Gasteiger partial charge on any atom is -0.303 e. The number of nitrogens with zero attached hydrogens (tertiary/aromatic N) is 3. The summed E-state index contributed by atoms with van der Waals surface area (Å²) in [5.41, 5.74) is 1.53. The highest BCUT2D eigenvalue weighted by molar-refractivity contribution is 6.13. The molecule has 0 spiro atoms. The Kier molecular flexibility index (Phi) is 4.96. The Labute approximate surface area is 175 Å². The molecule has 0 aliphatic carbocycles. The Morgan fingerprint density at radius 3 is 2.35 bits per heavy atom. The second kappa shape index (κ2) is 7.75. The Balaban J connectivity index is 1.60. The third kappa shape index (κ3) is 3.73. The Hall–Kier alpha value is -4.47. The zero-order valence-electron chi connectivity index (χ0n) is 16.4. The predicted molar refractivity (Wildman–Crippen MR) is 111 cm³/mol. The summed E-state index contributed by atoms with van der Waals surface area (Å²) in [4.78, 5) is 49.1. The summed E-state index contributed by atoms with van der Waals surface area (Å²) in [6.45, 7) is 1.64. The molecule has 3 aromatic rings. The van der Waals surface area contributed by atoms with Gasteiger partial charge in [-0.2, -0.15) is 0 Å². The largest absolute Gasteiger partial charge is 0.329 e. The third-order valence-corrected chi connectivity index (χ3v) is 4.87. The van der Waals surface area contributed by atoms with Crippen LogP contribution in [0.15, 0.2) is 65.1 Å². The molecule has 1 aliphatic heterocycles. The van der Waals surface area contributed by atoms with Crippen LogP contribution in [0.4, 0.5) is 10.5 Å². The van der Waals surface area contributed by atoms with Crippen molar-refractivity contribution >= 4 is 23.7 Å². The normalized spacial score (nSPS) is 14.9. The predicted octanol–water partition coefficient (Wildman–Crippen LogP) is 2.48. The molecule has 3 amide bonds. The number of non-ortho nitro benzene ring substituents is 1. The molecule has 2 heterocycles. The number of nitro benzene ring substituents is 1. The Morgan fingerprint density at radius 1 is 1.03 bits per heavy atom. The van der Waals surface area contributed by atoms with E-state index in [4.69, 9.17) is 0 Å². The van der Waals surface area contributed by atoms with Crippen molar-refractivity contribution in [3.05, 3.63) is 97.6 Å². The van der Waals surface area contributed by atoms with Crippen LogP contribution in [-0.2, 0) is 11.3 Å². The molecule has 0 unspecified atom stereocenters. The number of nitrogens with one attached hydrogen (secondary N) is 2. The second-order valence-corrected chi connectivity index (χ2v) is 6.93. The topological polar surface area (TPSA) is 130 Å². The van der Waals surface area contributed by atoms with E-state index in [1.165, 1.54) is 35.0 Å². The van der Waals surface area contributed by atoms with Crippen molar-refractivity contribution in [2.45, 2.75) is 13.5 Å². The number of urea groups is 1. The van der Waals surface area contributed by atoms with E-state index in [1.807, 2.05) is 6.07 Å². The lowest BCUT2D eigenvalue weighted by Crippen LogP contribution is -2.30. The van der Waals surface area contributed by atoms with Gasteiger partial charge < -0.3 is 5.32 Å². The molecule has 1 saturated heterocycles. The van der Waals surface area contributed by atoms with Crippen LogP contribution in [0, 0.1) is 17.0 Å². The average Bonchev–Trinajstić information content (AvgIpc) is 3.19. The number of benzene rings is 2. The quantitative estimate of drug-likeness (QED) is 0.284. The minimum absolute atomic E-state index is 0.0219. The van der Waals surface area contributed by atoms with Crippen LogP contribution in [0.2, 0.25) is 0 Å². The van der Waals surface area contributed by atoms with E-state index >= 15 is 0 Å². The van der Waals surface area contributed by atoms with Crippen molar-refractivity contribution in [3.63, 3.8) is 0 Å². The molecule has 31 heavy (non-hydrogen) atoms. The minimum atomic E-state index is -0.633. The molecule has 0 radical (unpaired) electrons. The smallest absolute Gasteiger partial charge is 0.303 e. The molecular formula is C21H17N5O5. The fourth-order valence-corrected chi connectivity index (χ4v) is 3.25. The van der Waals surface area contributed by atoms with Gasteiger partial charge in [0.2, 0.25) is 0 Å². The molecule has 10 heteroatoms. The maximum atomic E-state index is 12.8. The molecule has 1 aromatic heterocycles. The lowest BCUT2D eigenvalue weighted by molar-refractivity contribution is -0.384. The zero-order valence-corrected chi connectivity index (χ0v) is 16.4. The van der Waals surface area contributed by atoms with Crippen molar-refractivity contribution in [2.75, 3.05) is 0 Å². The first-order valence-electron chi connectivity index (χ1n) is 9.30. The number of aromatic nitrogens is 2. The highest BCUT2D eigenvalue weighted by Crippen LogP contribution is 2.19. The van der Waals surface area contributed by atoms with Crippen molar-refractivity contribution in [1.29, 1.82) is 0 Å². The highest BCUT2D eigenvalue weighted by atomic mass is 16.6. The second-order valence-electron chi connectivity index (χ2n) is 6.93. The van der Waals surface area contributed by atoms with Crippen LogP contribution in [0.5, 0.6) is 0 Å². The van der Waals surface area contributed by atoms with E-state index in [0.29, 0.717) is 16.9 Å². The summed E-state index contributed by atoms with van der Waals surface area (Å²) in [7, 11) is 0. The maximum absolute atomic E-state index is 12.8. The van der Waals surface area contributed by atoms with Crippen molar-refractivity contribution in [1.82, 2.24) is 20.0 Å². The first-order chi connectivity index (χ1) is 14.8. The number of rotatable bonds is 5. The fourth-order valence-electron chi connectivity index (χ4n) is 3.25. The van der Waals surface area contributed by atoms with Gasteiger partial charge in [-0.05, 0) is 30.7 Å².